The van der Waals surface area contributed by atoms with Crippen LogP contribution in [0.25, 0.3) is 0 Å². The van der Waals surface area contributed by atoms with Crippen LogP contribution in [-0.4, -0.2) is 49.8 Å². The highest BCUT2D eigenvalue weighted by atomic mass is 16.5. The maximum Gasteiger partial charge on any atom is 0.326 e. The number of carbonyl (C=O) groups is 2. The van der Waals surface area contributed by atoms with E-state index in [2.05, 4.69) is 10.6 Å². The minimum atomic E-state index is -0.982. The number of hydrogen-bond acceptors (Lipinski definition) is 4. The van der Waals surface area contributed by atoms with Crippen molar-refractivity contribution in [2.24, 2.45) is 5.92 Å². The second-order valence-corrected chi connectivity index (χ2v) is 4.66. The van der Waals surface area contributed by atoms with Gasteiger partial charge in [0.1, 0.15) is 6.04 Å². The van der Waals surface area contributed by atoms with Gasteiger partial charge in [0.2, 0.25) is 5.91 Å². The highest BCUT2D eigenvalue weighted by Gasteiger charge is 2.23. The number of carboxylic acids is 1. The van der Waals surface area contributed by atoms with Gasteiger partial charge in [0, 0.05) is 20.1 Å². The molecular weight excluding hydrogens is 236 g/mol. The molecule has 2 unspecified atom stereocenters. The Hall–Kier alpha value is -1.14. The van der Waals surface area contributed by atoms with E-state index in [0.717, 1.165) is 19.5 Å². The molecule has 1 rings (SSSR count). The van der Waals surface area contributed by atoms with Crippen LogP contribution in [0.3, 0.4) is 0 Å². The number of hydrogen-bond donors (Lipinski definition) is 3. The van der Waals surface area contributed by atoms with Crippen LogP contribution in [0.5, 0.6) is 0 Å². The highest BCUT2D eigenvalue weighted by molar-refractivity contribution is 5.83. The van der Waals surface area contributed by atoms with Crippen molar-refractivity contribution >= 4 is 11.9 Å². The molecule has 6 nitrogen and oxygen atoms in total. The van der Waals surface area contributed by atoms with E-state index in [-0.39, 0.29) is 5.91 Å². The molecule has 1 amide bonds. The fraction of sp³-hybridized carbons (Fsp3) is 0.833. The Labute approximate surface area is 107 Å². The molecule has 0 aromatic carbocycles. The summed E-state index contributed by atoms with van der Waals surface area (Å²) in [5.74, 6) is -0.823. The third kappa shape index (κ3) is 5.46. The first-order valence-electron chi connectivity index (χ1n) is 6.35. The predicted octanol–water partition coefficient (Wildman–Crippen LogP) is -0.0180. The van der Waals surface area contributed by atoms with Crippen molar-refractivity contribution in [1.29, 1.82) is 0 Å². The molecule has 3 N–H and O–H groups in total. The fourth-order valence-electron chi connectivity index (χ4n) is 2.09. The normalized spacial score (nSPS) is 20.6. The summed E-state index contributed by atoms with van der Waals surface area (Å²) in [4.78, 5) is 22.7. The molecule has 1 saturated heterocycles. The SMILES string of the molecule is COCCCC(NC(=O)CC1CCNC1)C(=O)O. The van der Waals surface area contributed by atoms with Crippen molar-refractivity contribution < 1.29 is 19.4 Å². The van der Waals surface area contributed by atoms with Crippen LogP contribution in [0.15, 0.2) is 0 Å². The molecule has 2 atom stereocenters. The second-order valence-electron chi connectivity index (χ2n) is 4.66. The van der Waals surface area contributed by atoms with E-state index in [1.54, 1.807) is 7.11 Å². The lowest BCUT2D eigenvalue weighted by molar-refractivity contribution is -0.142. The van der Waals surface area contributed by atoms with Crippen molar-refractivity contribution in [2.75, 3.05) is 26.8 Å². The third-order valence-electron chi connectivity index (χ3n) is 3.11. The lowest BCUT2D eigenvalue weighted by Crippen LogP contribution is -2.41. The molecule has 104 valence electrons. The molecule has 1 heterocycles. The van der Waals surface area contributed by atoms with E-state index in [0.29, 0.717) is 31.8 Å². The lowest BCUT2D eigenvalue weighted by Gasteiger charge is -2.15. The molecular formula is C12H22N2O4. The molecule has 0 radical (unpaired) electrons. The zero-order chi connectivity index (χ0) is 13.4. The standard InChI is InChI=1S/C12H22N2O4/c1-18-6-2-3-10(12(16)17)14-11(15)7-9-4-5-13-8-9/h9-10,13H,2-8H2,1H3,(H,14,15)(H,16,17). The van der Waals surface area contributed by atoms with Crippen LogP contribution >= 0.6 is 0 Å². The van der Waals surface area contributed by atoms with Gasteiger partial charge >= 0.3 is 5.97 Å². The topological polar surface area (TPSA) is 87.7 Å². The molecule has 0 aromatic rings. The van der Waals surface area contributed by atoms with Crippen molar-refractivity contribution in [3.63, 3.8) is 0 Å². The second kappa shape index (κ2) is 8.05. The van der Waals surface area contributed by atoms with Gasteiger partial charge in [-0.2, -0.15) is 0 Å². The maximum absolute atomic E-state index is 11.7. The molecule has 0 spiro atoms. The average Bonchev–Trinajstić information content (AvgIpc) is 2.80. The Kier molecular flexibility index (Phi) is 6.67. The van der Waals surface area contributed by atoms with E-state index in [9.17, 15) is 9.59 Å². The number of rotatable bonds is 8. The van der Waals surface area contributed by atoms with Crippen LogP contribution in [0.1, 0.15) is 25.7 Å². The first kappa shape index (κ1) is 14.9. The average molecular weight is 258 g/mol. The highest BCUT2D eigenvalue weighted by Crippen LogP contribution is 2.12. The Morgan fingerprint density at radius 2 is 2.33 bits per heavy atom. The molecule has 1 aliphatic heterocycles. The molecule has 18 heavy (non-hydrogen) atoms. The quantitative estimate of drug-likeness (QED) is 0.533. The number of aliphatic carboxylic acids is 1. The number of carbonyl (C=O) groups excluding carboxylic acids is 1. The molecule has 0 bridgehead atoms. The van der Waals surface area contributed by atoms with Gasteiger partial charge in [-0.15, -0.1) is 0 Å². The summed E-state index contributed by atoms with van der Waals surface area (Å²) < 4.78 is 4.87. The minimum absolute atomic E-state index is 0.173. The van der Waals surface area contributed by atoms with Gasteiger partial charge in [-0.05, 0) is 38.3 Å². The Balaban J connectivity index is 2.29. The molecule has 6 heteroatoms. The monoisotopic (exact) mass is 258 g/mol. The van der Waals surface area contributed by atoms with Gasteiger partial charge in [-0.25, -0.2) is 4.79 Å². The number of ether oxygens (including phenoxy) is 1. The van der Waals surface area contributed by atoms with Gasteiger partial charge in [-0.3, -0.25) is 4.79 Å². The Bertz CT molecular complexity index is 277. The van der Waals surface area contributed by atoms with E-state index in [4.69, 9.17) is 9.84 Å². The van der Waals surface area contributed by atoms with Crippen molar-refractivity contribution in [2.45, 2.75) is 31.7 Å². The number of nitrogens with one attached hydrogen (secondary N) is 2. The number of methoxy groups -OCH3 is 1. The molecule has 1 aliphatic rings. The summed E-state index contributed by atoms with van der Waals surface area (Å²) in [6.07, 6.45) is 2.41. The third-order valence-corrected chi connectivity index (χ3v) is 3.11. The summed E-state index contributed by atoms with van der Waals surface area (Å²) in [7, 11) is 1.57. The van der Waals surface area contributed by atoms with Gasteiger partial charge < -0.3 is 20.5 Å². The van der Waals surface area contributed by atoms with Gasteiger partial charge in [0.15, 0.2) is 0 Å². The smallest absolute Gasteiger partial charge is 0.326 e. The lowest BCUT2D eigenvalue weighted by atomic mass is 10.0. The molecule has 0 aliphatic carbocycles. The summed E-state index contributed by atoms with van der Waals surface area (Å²) in [5.41, 5.74) is 0. The summed E-state index contributed by atoms with van der Waals surface area (Å²) in [5, 5.41) is 14.8. The van der Waals surface area contributed by atoms with E-state index in [1.165, 1.54) is 0 Å². The summed E-state index contributed by atoms with van der Waals surface area (Å²) in [6.45, 7) is 2.29. The molecule has 0 saturated carbocycles. The largest absolute Gasteiger partial charge is 0.480 e. The van der Waals surface area contributed by atoms with Crippen molar-refractivity contribution in [3.05, 3.63) is 0 Å². The van der Waals surface area contributed by atoms with Crippen LogP contribution in [0.2, 0.25) is 0 Å². The first-order valence-corrected chi connectivity index (χ1v) is 6.35. The zero-order valence-electron chi connectivity index (χ0n) is 10.8. The summed E-state index contributed by atoms with van der Waals surface area (Å²) in [6, 6.07) is -0.804. The number of carboxylic acid groups (broad SMARTS) is 1. The van der Waals surface area contributed by atoms with E-state index < -0.39 is 12.0 Å². The van der Waals surface area contributed by atoms with Gasteiger partial charge in [0.05, 0.1) is 0 Å². The fourth-order valence-corrected chi connectivity index (χ4v) is 2.09. The van der Waals surface area contributed by atoms with Gasteiger partial charge in [0.25, 0.3) is 0 Å². The summed E-state index contributed by atoms with van der Waals surface area (Å²) >= 11 is 0. The molecule has 0 aromatic heterocycles. The van der Waals surface area contributed by atoms with Crippen LogP contribution in [-0.2, 0) is 14.3 Å². The van der Waals surface area contributed by atoms with Crippen LogP contribution in [0.4, 0.5) is 0 Å². The van der Waals surface area contributed by atoms with E-state index >= 15 is 0 Å². The maximum atomic E-state index is 11.7. The zero-order valence-corrected chi connectivity index (χ0v) is 10.8. The van der Waals surface area contributed by atoms with E-state index in [1.807, 2.05) is 0 Å². The van der Waals surface area contributed by atoms with Gasteiger partial charge in [-0.1, -0.05) is 0 Å². The predicted molar refractivity (Wildman–Crippen MR) is 66.3 cm³/mol. The van der Waals surface area contributed by atoms with Crippen molar-refractivity contribution in [1.82, 2.24) is 10.6 Å². The van der Waals surface area contributed by atoms with Crippen LogP contribution in [0, 0.1) is 5.92 Å². The first-order chi connectivity index (χ1) is 8.63. The minimum Gasteiger partial charge on any atom is -0.480 e. The molecule has 1 fully saturated rings. The number of amides is 1. The Morgan fingerprint density at radius 3 is 2.89 bits per heavy atom. The van der Waals surface area contributed by atoms with Crippen LogP contribution < -0.4 is 10.6 Å². The Morgan fingerprint density at radius 1 is 1.56 bits per heavy atom. The van der Waals surface area contributed by atoms with Crippen molar-refractivity contribution in [3.8, 4) is 0 Å².